The first kappa shape index (κ1) is 23.1. The number of aromatic nitrogens is 1. The average molecular weight is 459 g/mol. The van der Waals surface area contributed by atoms with Gasteiger partial charge in [0.15, 0.2) is 6.17 Å². The van der Waals surface area contributed by atoms with Crippen molar-refractivity contribution in [2.24, 2.45) is 5.92 Å². The van der Waals surface area contributed by atoms with E-state index in [0.29, 0.717) is 24.5 Å². The Morgan fingerprint density at radius 2 is 1.94 bits per heavy atom. The number of methoxy groups -OCH3 is 1. The van der Waals surface area contributed by atoms with Crippen LogP contribution in [0.3, 0.4) is 0 Å². The molecule has 176 valence electrons. The van der Waals surface area contributed by atoms with Crippen LogP contribution in [0.5, 0.6) is 5.75 Å². The molecule has 4 atom stereocenters. The Balaban J connectivity index is 1.40. The second-order valence-electron chi connectivity index (χ2n) is 8.49. The van der Waals surface area contributed by atoms with Gasteiger partial charge in [-0.3, -0.25) is 9.59 Å². The maximum Gasteiger partial charge on any atom is 0.248 e. The van der Waals surface area contributed by atoms with Crippen molar-refractivity contribution in [1.29, 1.82) is 0 Å². The normalized spacial score (nSPS) is 24.3. The van der Waals surface area contributed by atoms with Gasteiger partial charge in [0.1, 0.15) is 30.4 Å². The van der Waals surface area contributed by atoms with Gasteiger partial charge < -0.3 is 19.7 Å². The van der Waals surface area contributed by atoms with Crippen molar-refractivity contribution in [3.8, 4) is 16.9 Å². The minimum absolute atomic E-state index is 0.0144. The number of ether oxygens (including phenoxy) is 2. The Labute approximate surface area is 191 Å². The van der Waals surface area contributed by atoms with E-state index in [0.717, 1.165) is 16.7 Å². The quantitative estimate of drug-likeness (QED) is 0.687. The van der Waals surface area contributed by atoms with E-state index < -0.39 is 24.4 Å². The molecular formula is C24H27F2N3O4. The lowest BCUT2D eigenvalue weighted by Crippen LogP contribution is -2.50. The van der Waals surface area contributed by atoms with Crippen LogP contribution in [0.1, 0.15) is 18.4 Å². The van der Waals surface area contributed by atoms with Gasteiger partial charge in [0.25, 0.3) is 0 Å². The third-order valence-corrected chi connectivity index (χ3v) is 5.95. The van der Waals surface area contributed by atoms with Crippen molar-refractivity contribution >= 4 is 17.6 Å². The summed E-state index contributed by atoms with van der Waals surface area (Å²) < 4.78 is 38.5. The minimum Gasteiger partial charge on any atom is -0.487 e. The van der Waals surface area contributed by atoms with Gasteiger partial charge in [-0.1, -0.05) is 6.07 Å². The van der Waals surface area contributed by atoms with Crippen molar-refractivity contribution in [2.45, 2.75) is 38.2 Å². The Morgan fingerprint density at radius 1 is 1.18 bits per heavy atom. The highest BCUT2D eigenvalue weighted by molar-refractivity contribution is 5.94. The summed E-state index contributed by atoms with van der Waals surface area (Å²) >= 11 is 0. The van der Waals surface area contributed by atoms with E-state index in [1.165, 1.54) is 12.0 Å². The van der Waals surface area contributed by atoms with E-state index in [2.05, 4.69) is 10.3 Å². The molecular weight excluding hydrogens is 432 g/mol. The number of carbonyl (C=O) groups is 2. The molecule has 1 aliphatic carbocycles. The molecule has 1 aliphatic heterocycles. The van der Waals surface area contributed by atoms with Gasteiger partial charge >= 0.3 is 0 Å². The Kier molecular flexibility index (Phi) is 6.88. The molecule has 0 radical (unpaired) electrons. The zero-order chi connectivity index (χ0) is 23.5. The van der Waals surface area contributed by atoms with Gasteiger partial charge in [-0.05, 0) is 54.3 Å². The maximum atomic E-state index is 14.7. The molecule has 1 aromatic heterocycles. The molecule has 1 N–H and O–H groups in total. The first-order valence-corrected chi connectivity index (χ1v) is 10.9. The second kappa shape index (κ2) is 9.82. The molecule has 2 heterocycles. The summed E-state index contributed by atoms with van der Waals surface area (Å²) in [6.07, 6.45) is -0.756. The van der Waals surface area contributed by atoms with E-state index in [4.69, 9.17) is 9.47 Å². The number of hydrogen-bond acceptors (Lipinski definition) is 5. The third kappa shape index (κ3) is 5.47. The van der Waals surface area contributed by atoms with Gasteiger partial charge in [-0.15, -0.1) is 0 Å². The topological polar surface area (TPSA) is 80.8 Å². The average Bonchev–Trinajstić information content (AvgIpc) is 3.53. The number of benzene rings is 1. The molecule has 7 nitrogen and oxygen atoms in total. The molecule has 1 saturated heterocycles. The highest BCUT2D eigenvalue weighted by atomic mass is 19.1. The summed E-state index contributed by atoms with van der Waals surface area (Å²) in [5.41, 5.74) is 2.54. The molecule has 1 saturated carbocycles. The van der Waals surface area contributed by atoms with Gasteiger partial charge in [0, 0.05) is 26.3 Å². The summed E-state index contributed by atoms with van der Waals surface area (Å²) in [4.78, 5) is 29.5. The highest BCUT2D eigenvalue weighted by Gasteiger charge is 2.43. The number of carbonyl (C=O) groups excluding carboxylic acids is 2. The Bertz CT molecular complexity index is 1030. The highest BCUT2D eigenvalue weighted by Crippen LogP contribution is 2.35. The molecule has 9 heteroatoms. The second-order valence-corrected chi connectivity index (χ2v) is 8.49. The van der Waals surface area contributed by atoms with E-state index in [1.54, 1.807) is 18.3 Å². The van der Waals surface area contributed by atoms with Crippen molar-refractivity contribution in [3.05, 3.63) is 42.1 Å². The van der Waals surface area contributed by atoms with E-state index in [1.807, 2.05) is 25.1 Å². The number of nitrogens with zero attached hydrogens (tertiary/aromatic N) is 2. The van der Waals surface area contributed by atoms with Crippen LogP contribution in [0.15, 0.2) is 36.5 Å². The van der Waals surface area contributed by atoms with Crippen LogP contribution >= 0.6 is 0 Å². The van der Waals surface area contributed by atoms with Crippen LogP contribution in [-0.4, -0.2) is 67.0 Å². The molecule has 0 unspecified atom stereocenters. The monoisotopic (exact) mass is 459 g/mol. The standard InChI is InChI=1S/C24H27F2N3O4/c1-14-9-15(16-5-7-27-22(10-16)28-24(31)17-11-18(17)25)3-4-20(14)33-21-6-8-29(12-19(21)26)23(30)13-32-2/h3-5,7,9-10,17-19,21H,6,8,11-13H2,1-2H3,(H,27,28,31)/t17-,18-,19+,21-/m0/s1. The number of halogens is 2. The van der Waals surface area contributed by atoms with Crippen LogP contribution in [0.2, 0.25) is 0 Å². The van der Waals surface area contributed by atoms with Crippen molar-refractivity contribution in [2.75, 3.05) is 32.1 Å². The summed E-state index contributed by atoms with van der Waals surface area (Å²) in [5.74, 6) is -0.229. The number of rotatable bonds is 7. The van der Waals surface area contributed by atoms with Gasteiger partial charge in [0.05, 0.1) is 12.5 Å². The van der Waals surface area contributed by atoms with Gasteiger partial charge in [0.2, 0.25) is 11.8 Å². The minimum atomic E-state index is -1.29. The summed E-state index contributed by atoms with van der Waals surface area (Å²) in [7, 11) is 1.44. The SMILES string of the molecule is COCC(=O)N1CC[C@H](Oc2ccc(-c3ccnc(NC(=O)[C@H]4C[C@@H]4F)c3)cc2C)[C@H](F)C1. The van der Waals surface area contributed by atoms with Gasteiger partial charge in [-0.25, -0.2) is 13.8 Å². The molecule has 33 heavy (non-hydrogen) atoms. The number of hydrogen-bond donors (Lipinski definition) is 1. The van der Waals surface area contributed by atoms with Gasteiger partial charge in [-0.2, -0.15) is 0 Å². The predicted octanol–water partition coefficient (Wildman–Crippen LogP) is 3.32. The molecule has 4 rings (SSSR count). The lowest BCUT2D eigenvalue weighted by atomic mass is 10.0. The van der Waals surface area contributed by atoms with E-state index in [-0.39, 0.29) is 31.4 Å². The molecule has 2 aromatic rings. The summed E-state index contributed by atoms with van der Waals surface area (Å²) in [6, 6.07) is 9.10. The number of nitrogens with one attached hydrogen (secondary N) is 1. The number of pyridine rings is 1. The number of aryl methyl sites for hydroxylation is 1. The van der Waals surface area contributed by atoms with Crippen molar-refractivity contribution < 1.29 is 27.8 Å². The fourth-order valence-corrected chi connectivity index (χ4v) is 3.91. The lowest BCUT2D eigenvalue weighted by molar-refractivity contribution is -0.139. The van der Waals surface area contributed by atoms with Crippen LogP contribution in [0.25, 0.3) is 11.1 Å². The maximum absolute atomic E-state index is 14.7. The molecule has 2 aliphatic rings. The Hall–Kier alpha value is -3.07. The number of piperidine rings is 1. The zero-order valence-electron chi connectivity index (χ0n) is 18.6. The first-order chi connectivity index (χ1) is 15.9. The molecule has 1 aromatic carbocycles. The van der Waals surface area contributed by atoms with E-state index >= 15 is 0 Å². The summed E-state index contributed by atoms with van der Waals surface area (Å²) in [5, 5.41) is 2.66. The van der Waals surface area contributed by atoms with Crippen LogP contribution in [-0.2, 0) is 14.3 Å². The van der Waals surface area contributed by atoms with Crippen LogP contribution in [0.4, 0.5) is 14.6 Å². The van der Waals surface area contributed by atoms with Crippen molar-refractivity contribution in [3.63, 3.8) is 0 Å². The first-order valence-electron chi connectivity index (χ1n) is 10.9. The molecule has 2 amide bonds. The molecule has 0 spiro atoms. The number of alkyl halides is 2. The molecule has 2 fully saturated rings. The fourth-order valence-electron chi connectivity index (χ4n) is 3.91. The van der Waals surface area contributed by atoms with Crippen LogP contribution < -0.4 is 10.1 Å². The zero-order valence-corrected chi connectivity index (χ0v) is 18.6. The van der Waals surface area contributed by atoms with Crippen LogP contribution in [0, 0.1) is 12.8 Å². The summed E-state index contributed by atoms with van der Waals surface area (Å²) in [6.45, 7) is 2.22. The predicted molar refractivity (Wildman–Crippen MR) is 118 cm³/mol. The number of anilines is 1. The molecule has 0 bridgehead atoms. The van der Waals surface area contributed by atoms with E-state index in [9.17, 15) is 18.4 Å². The number of likely N-dealkylation sites (tertiary alicyclic amines) is 1. The Morgan fingerprint density at radius 3 is 2.61 bits per heavy atom. The largest absolute Gasteiger partial charge is 0.487 e. The lowest BCUT2D eigenvalue weighted by Gasteiger charge is -2.35. The smallest absolute Gasteiger partial charge is 0.248 e. The number of amides is 2. The van der Waals surface area contributed by atoms with Crippen molar-refractivity contribution in [1.82, 2.24) is 9.88 Å². The third-order valence-electron chi connectivity index (χ3n) is 5.95. The fraction of sp³-hybridized carbons (Fsp3) is 0.458.